The number of nitrogens with zero attached hydrogens (tertiary/aromatic N) is 2. The lowest BCUT2D eigenvalue weighted by molar-refractivity contribution is 0.0786. The number of hydrogen-bond acceptors (Lipinski definition) is 4. The second-order valence-electron chi connectivity index (χ2n) is 9.24. The third-order valence-corrected chi connectivity index (χ3v) is 6.76. The topological polar surface area (TPSA) is 76.6 Å². The van der Waals surface area contributed by atoms with Crippen molar-refractivity contribution in [3.8, 4) is 5.75 Å². The zero-order valence-electron chi connectivity index (χ0n) is 20.7. The van der Waals surface area contributed by atoms with Gasteiger partial charge in [-0.15, -0.1) is 0 Å². The van der Waals surface area contributed by atoms with Crippen LogP contribution in [0.1, 0.15) is 67.1 Å². The molecule has 0 aliphatic carbocycles. The molecule has 4 rings (SSSR count). The van der Waals surface area contributed by atoms with Crippen LogP contribution < -0.4 is 10.5 Å². The van der Waals surface area contributed by atoms with Crippen LogP contribution in [0.5, 0.6) is 5.75 Å². The van der Waals surface area contributed by atoms with E-state index in [-0.39, 0.29) is 17.2 Å². The summed E-state index contributed by atoms with van der Waals surface area (Å²) in [6.07, 6.45) is 4.12. The summed E-state index contributed by atoms with van der Waals surface area (Å²) in [4.78, 5) is 33.4. The van der Waals surface area contributed by atoms with Crippen molar-refractivity contribution >= 4 is 17.3 Å². The van der Waals surface area contributed by atoms with E-state index in [2.05, 4.69) is 31.0 Å². The smallest absolute Gasteiger partial charge is 0.264 e. The number of nitrogens with one attached hydrogen (secondary N) is 1. The fraction of sp³-hybridized carbons (Fsp3) is 0.379. The predicted octanol–water partition coefficient (Wildman–Crippen LogP) is 5.60. The monoisotopic (exact) mass is 473 g/mol. The molecule has 0 saturated carbocycles. The van der Waals surface area contributed by atoms with Crippen LogP contribution in [0.25, 0.3) is 0 Å². The zero-order chi connectivity index (χ0) is 24.8. The number of H-pyrrole nitrogens is 1. The van der Waals surface area contributed by atoms with Gasteiger partial charge >= 0.3 is 0 Å². The summed E-state index contributed by atoms with van der Waals surface area (Å²) in [5, 5.41) is 11.5. The highest BCUT2D eigenvalue weighted by atomic mass is 16.3. The van der Waals surface area contributed by atoms with Crippen LogP contribution in [0, 0.1) is 0 Å². The molecule has 184 valence electrons. The van der Waals surface area contributed by atoms with Crippen molar-refractivity contribution in [3.63, 3.8) is 0 Å². The van der Waals surface area contributed by atoms with Gasteiger partial charge in [-0.2, -0.15) is 0 Å². The van der Waals surface area contributed by atoms with Crippen molar-refractivity contribution in [1.29, 1.82) is 0 Å². The van der Waals surface area contributed by atoms with E-state index < -0.39 is 11.5 Å². The van der Waals surface area contributed by atoms with Crippen molar-refractivity contribution in [2.45, 2.75) is 51.9 Å². The quantitative estimate of drug-likeness (QED) is 0.424. The normalized spacial score (nSPS) is 15.4. The predicted molar refractivity (Wildman–Crippen MR) is 141 cm³/mol. The number of unbranched alkanes of at least 4 members (excludes halogenated alkanes) is 1. The van der Waals surface area contributed by atoms with Crippen molar-refractivity contribution in [3.05, 3.63) is 87.8 Å². The van der Waals surface area contributed by atoms with E-state index >= 15 is 0 Å². The summed E-state index contributed by atoms with van der Waals surface area (Å²) in [7, 11) is 0. The van der Waals surface area contributed by atoms with Crippen LogP contribution in [0.3, 0.4) is 0 Å². The number of benzene rings is 2. The first-order chi connectivity index (χ1) is 17.0. The summed E-state index contributed by atoms with van der Waals surface area (Å²) in [5.41, 5.74) is 2.63. The molecule has 35 heavy (non-hydrogen) atoms. The third kappa shape index (κ3) is 5.26. The number of aromatic nitrogens is 1. The molecule has 2 aromatic carbocycles. The van der Waals surface area contributed by atoms with Crippen LogP contribution in [-0.2, 0) is 6.42 Å². The number of aryl methyl sites for hydroxylation is 1. The second kappa shape index (κ2) is 11.3. The minimum Gasteiger partial charge on any atom is -0.505 e. The lowest BCUT2D eigenvalue weighted by atomic mass is 9.99. The Balaban J connectivity index is 1.74. The van der Waals surface area contributed by atoms with Gasteiger partial charge in [-0.05, 0) is 43.4 Å². The first kappa shape index (κ1) is 24.6. The van der Waals surface area contributed by atoms with Gasteiger partial charge in [-0.3, -0.25) is 9.59 Å². The number of amides is 1. The van der Waals surface area contributed by atoms with Gasteiger partial charge in [0.2, 0.25) is 0 Å². The average molecular weight is 474 g/mol. The number of carbonyl (C=O) groups is 1. The molecule has 2 heterocycles. The summed E-state index contributed by atoms with van der Waals surface area (Å²) < 4.78 is 0. The van der Waals surface area contributed by atoms with Gasteiger partial charge in [0.05, 0.1) is 0 Å². The van der Waals surface area contributed by atoms with Crippen molar-refractivity contribution in [2.24, 2.45) is 0 Å². The fourth-order valence-corrected chi connectivity index (χ4v) is 4.95. The molecule has 2 N–H and O–H groups in total. The van der Waals surface area contributed by atoms with Crippen LogP contribution in [0.4, 0.5) is 11.4 Å². The Labute approximate surface area is 207 Å². The molecule has 0 radical (unpaired) electrons. The number of aromatic amines is 1. The van der Waals surface area contributed by atoms with Crippen LogP contribution in [-0.4, -0.2) is 40.5 Å². The van der Waals surface area contributed by atoms with Crippen molar-refractivity contribution in [2.75, 3.05) is 24.5 Å². The van der Waals surface area contributed by atoms with Crippen LogP contribution in [0.2, 0.25) is 0 Å². The Bertz CT molecular complexity index is 1190. The molecule has 1 aliphatic rings. The number of likely N-dealkylation sites (tertiary alicyclic amines) is 1. The van der Waals surface area contributed by atoms with Gasteiger partial charge < -0.3 is 19.9 Å². The molecule has 0 spiro atoms. The summed E-state index contributed by atoms with van der Waals surface area (Å²) >= 11 is 0. The summed E-state index contributed by atoms with van der Waals surface area (Å²) in [5.74, 6) is -0.397. The lowest BCUT2D eigenvalue weighted by Crippen LogP contribution is -2.34. The molecule has 6 nitrogen and oxygen atoms in total. The number of anilines is 2. The summed E-state index contributed by atoms with van der Waals surface area (Å²) in [6.45, 7) is 5.90. The molecule has 0 bridgehead atoms. The number of rotatable bonds is 9. The number of para-hydroxylation sites is 1. The molecular formula is C29H35N3O3. The largest absolute Gasteiger partial charge is 0.505 e. The van der Waals surface area contributed by atoms with Gasteiger partial charge in [-0.1, -0.05) is 68.8 Å². The maximum absolute atomic E-state index is 13.6. The van der Waals surface area contributed by atoms with Crippen LogP contribution >= 0.6 is 0 Å². The van der Waals surface area contributed by atoms with E-state index in [0.29, 0.717) is 37.4 Å². The Morgan fingerprint density at radius 2 is 1.74 bits per heavy atom. The zero-order valence-corrected chi connectivity index (χ0v) is 20.7. The first-order valence-electron chi connectivity index (χ1n) is 12.7. The Kier molecular flexibility index (Phi) is 7.91. The van der Waals surface area contributed by atoms with Gasteiger partial charge in [0.25, 0.3) is 11.5 Å². The fourth-order valence-electron chi connectivity index (χ4n) is 4.95. The van der Waals surface area contributed by atoms with E-state index in [1.807, 2.05) is 53.4 Å². The number of hydrogen-bond donors (Lipinski definition) is 2. The van der Waals surface area contributed by atoms with E-state index in [0.717, 1.165) is 31.4 Å². The second-order valence-corrected chi connectivity index (χ2v) is 9.24. The van der Waals surface area contributed by atoms with E-state index in [9.17, 15) is 14.7 Å². The molecule has 1 unspecified atom stereocenters. The Morgan fingerprint density at radius 1 is 1.06 bits per heavy atom. The van der Waals surface area contributed by atoms with E-state index in [4.69, 9.17) is 0 Å². The number of carbonyl (C=O) groups excluding carboxylic acids is 1. The molecule has 1 atom stereocenters. The van der Waals surface area contributed by atoms with E-state index in [1.165, 1.54) is 5.56 Å². The molecule has 3 aromatic rings. The molecular weight excluding hydrogens is 438 g/mol. The Hall–Kier alpha value is -3.54. The summed E-state index contributed by atoms with van der Waals surface area (Å²) in [6, 6.07) is 20.0. The third-order valence-electron chi connectivity index (χ3n) is 6.76. The highest BCUT2D eigenvalue weighted by Gasteiger charge is 2.33. The molecule has 1 saturated heterocycles. The average Bonchev–Trinajstić information content (AvgIpc) is 3.38. The standard InChI is InChI=1S/C29H35N3O3/c1-3-5-16-24-26(32(18-4-2)23-14-10-7-11-15-23)27(33)25(28(34)30-24)29(35)31-19-17-22(20-31)21-12-8-6-9-13-21/h6-15,22H,3-5,16-20H2,1-2H3,(H2,30,33,34). The lowest BCUT2D eigenvalue weighted by Gasteiger charge is -2.28. The molecule has 1 aromatic heterocycles. The van der Waals surface area contributed by atoms with Gasteiger partial charge in [0, 0.05) is 36.9 Å². The van der Waals surface area contributed by atoms with Gasteiger partial charge in [0.15, 0.2) is 5.75 Å². The maximum atomic E-state index is 13.6. The van der Waals surface area contributed by atoms with Gasteiger partial charge in [-0.25, -0.2) is 0 Å². The maximum Gasteiger partial charge on any atom is 0.264 e. The van der Waals surface area contributed by atoms with E-state index in [1.54, 1.807) is 4.90 Å². The number of aromatic hydroxyl groups is 1. The first-order valence-corrected chi connectivity index (χ1v) is 12.7. The minimum atomic E-state index is -0.518. The molecule has 6 heteroatoms. The molecule has 1 fully saturated rings. The highest BCUT2D eigenvalue weighted by Crippen LogP contribution is 2.38. The van der Waals surface area contributed by atoms with Crippen molar-refractivity contribution in [1.82, 2.24) is 9.88 Å². The highest BCUT2D eigenvalue weighted by molar-refractivity contribution is 5.99. The van der Waals surface area contributed by atoms with Crippen molar-refractivity contribution < 1.29 is 9.90 Å². The minimum absolute atomic E-state index is 0.161. The molecule has 1 aliphatic heterocycles. The van der Waals surface area contributed by atoms with Gasteiger partial charge in [0.1, 0.15) is 11.3 Å². The van der Waals surface area contributed by atoms with Crippen LogP contribution in [0.15, 0.2) is 65.5 Å². The molecule has 1 amide bonds. The SMILES string of the molecule is CCCCc1[nH]c(=O)c(C(=O)N2CCC(c3ccccc3)C2)c(O)c1N(CCC)c1ccccc1. The Morgan fingerprint density at radius 3 is 2.40 bits per heavy atom. The number of pyridine rings is 1.